The first-order chi connectivity index (χ1) is 16.6. The average molecular weight is 525 g/mol. The first-order valence-corrected chi connectivity index (χ1v) is 12.7. The predicted molar refractivity (Wildman–Crippen MR) is 139 cm³/mol. The summed E-state index contributed by atoms with van der Waals surface area (Å²) in [5.41, 5.74) is 2.48. The Morgan fingerprint density at radius 1 is 1.12 bits per heavy atom. The van der Waals surface area contributed by atoms with Crippen LogP contribution in [0, 0.1) is 0 Å². The first kappa shape index (κ1) is 23.1. The standard InChI is InChI=1S/C26H29BrN4O3/c1-33-24-16-21(30-11-13-34-14-12-30)9-7-19(24)17-28-31-25(18-5-3-2-4-6-18)29-23-10-8-20(27)15-22(23)26(31)32/h7-10,15-18H,2-6,11-14H2,1H3. The second kappa shape index (κ2) is 10.3. The van der Waals surface area contributed by atoms with Gasteiger partial charge in [0.25, 0.3) is 5.56 Å². The molecule has 8 heteroatoms. The Bertz CT molecular complexity index is 1260. The molecule has 1 aromatic heterocycles. The fourth-order valence-corrected chi connectivity index (χ4v) is 5.21. The maximum Gasteiger partial charge on any atom is 0.282 e. The predicted octanol–water partition coefficient (Wildman–Crippen LogP) is 4.93. The van der Waals surface area contributed by atoms with Gasteiger partial charge in [0.05, 0.1) is 37.4 Å². The molecule has 2 heterocycles. The zero-order valence-electron chi connectivity index (χ0n) is 19.4. The number of morpholine rings is 1. The third kappa shape index (κ3) is 4.74. The minimum atomic E-state index is -0.146. The Labute approximate surface area is 207 Å². The van der Waals surface area contributed by atoms with Crippen molar-refractivity contribution in [2.45, 2.75) is 38.0 Å². The number of rotatable bonds is 5. The van der Waals surface area contributed by atoms with E-state index in [1.54, 1.807) is 13.3 Å². The molecule has 2 aliphatic rings. The van der Waals surface area contributed by atoms with Gasteiger partial charge in [0.15, 0.2) is 0 Å². The zero-order valence-corrected chi connectivity index (χ0v) is 21.0. The molecule has 0 amide bonds. The monoisotopic (exact) mass is 524 g/mol. The van der Waals surface area contributed by atoms with Crippen LogP contribution >= 0.6 is 15.9 Å². The van der Waals surface area contributed by atoms with E-state index in [9.17, 15) is 4.79 Å². The molecule has 0 atom stereocenters. The van der Waals surface area contributed by atoms with Crippen LogP contribution in [0.25, 0.3) is 10.9 Å². The van der Waals surface area contributed by atoms with Crippen LogP contribution in [-0.2, 0) is 4.74 Å². The largest absolute Gasteiger partial charge is 0.496 e. The number of fused-ring (bicyclic) bond motifs is 1. The molecule has 0 radical (unpaired) electrons. The number of nitrogens with zero attached hydrogens (tertiary/aromatic N) is 4. The van der Waals surface area contributed by atoms with Gasteiger partial charge in [-0.2, -0.15) is 9.78 Å². The maximum atomic E-state index is 13.5. The molecule has 7 nitrogen and oxygen atoms in total. The lowest BCUT2D eigenvalue weighted by atomic mass is 9.88. The van der Waals surface area contributed by atoms with Gasteiger partial charge >= 0.3 is 0 Å². The van der Waals surface area contributed by atoms with Crippen molar-refractivity contribution in [3.63, 3.8) is 0 Å². The summed E-state index contributed by atoms with van der Waals surface area (Å²) in [5, 5.41) is 5.23. The SMILES string of the molecule is COc1cc(N2CCOCC2)ccc1C=Nn1c(C2CCCCC2)nc2ccc(Br)cc2c1=O. The Morgan fingerprint density at radius 3 is 2.68 bits per heavy atom. The summed E-state index contributed by atoms with van der Waals surface area (Å²) >= 11 is 3.48. The molecule has 2 aromatic carbocycles. The molecule has 2 fully saturated rings. The van der Waals surface area contributed by atoms with Crippen molar-refractivity contribution in [3.05, 3.63) is 62.6 Å². The molecule has 178 valence electrons. The second-order valence-corrected chi connectivity index (χ2v) is 9.77. The topological polar surface area (TPSA) is 69.0 Å². The third-order valence-corrected chi connectivity index (χ3v) is 7.20. The summed E-state index contributed by atoms with van der Waals surface area (Å²) in [6.07, 6.45) is 7.31. The van der Waals surface area contributed by atoms with Crippen LogP contribution in [0.2, 0.25) is 0 Å². The molecule has 1 saturated carbocycles. The minimum Gasteiger partial charge on any atom is -0.496 e. The van der Waals surface area contributed by atoms with Crippen molar-refractivity contribution in [1.82, 2.24) is 9.66 Å². The van der Waals surface area contributed by atoms with Gasteiger partial charge in [-0.1, -0.05) is 35.2 Å². The zero-order chi connectivity index (χ0) is 23.5. The van der Waals surface area contributed by atoms with E-state index in [0.29, 0.717) is 10.9 Å². The van der Waals surface area contributed by atoms with Crippen molar-refractivity contribution in [1.29, 1.82) is 0 Å². The van der Waals surface area contributed by atoms with Crippen molar-refractivity contribution in [2.24, 2.45) is 5.10 Å². The van der Waals surface area contributed by atoms with E-state index in [1.165, 1.54) is 11.1 Å². The molecule has 0 N–H and O–H groups in total. The van der Waals surface area contributed by atoms with Crippen LogP contribution in [0.5, 0.6) is 5.75 Å². The molecule has 3 aromatic rings. The first-order valence-electron chi connectivity index (χ1n) is 11.9. The Kier molecular flexibility index (Phi) is 6.97. The van der Waals surface area contributed by atoms with Crippen LogP contribution in [-0.4, -0.2) is 49.3 Å². The number of benzene rings is 2. The lowest BCUT2D eigenvalue weighted by molar-refractivity contribution is 0.122. The van der Waals surface area contributed by atoms with E-state index >= 15 is 0 Å². The molecule has 34 heavy (non-hydrogen) atoms. The summed E-state index contributed by atoms with van der Waals surface area (Å²) in [4.78, 5) is 20.7. The molecule has 1 aliphatic carbocycles. The van der Waals surface area contributed by atoms with Gasteiger partial charge in [-0.25, -0.2) is 4.98 Å². The second-order valence-electron chi connectivity index (χ2n) is 8.85. The molecule has 5 rings (SSSR count). The van der Waals surface area contributed by atoms with E-state index in [4.69, 9.17) is 14.5 Å². The lowest BCUT2D eigenvalue weighted by Crippen LogP contribution is -2.36. The van der Waals surface area contributed by atoms with E-state index in [-0.39, 0.29) is 11.5 Å². The van der Waals surface area contributed by atoms with Crippen molar-refractivity contribution < 1.29 is 9.47 Å². The number of hydrogen-bond donors (Lipinski definition) is 0. The lowest BCUT2D eigenvalue weighted by Gasteiger charge is -2.29. The van der Waals surface area contributed by atoms with Gasteiger partial charge in [-0.3, -0.25) is 4.79 Å². The fraction of sp³-hybridized carbons (Fsp3) is 0.423. The number of halogens is 1. The van der Waals surface area contributed by atoms with Crippen LogP contribution in [0.4, 0.5) is 5.69 Å². The summed E-state index contributed by atoms with van der Waals surface area (Å²) in [6.45, 7) is 3.16. The molecular weight excluding hydrogens is 496 g/mol. The highest BCUT2D eigenvalue weighted by Crippen LogP contribution is 2.32. The van der Waals surface area contributed by atoms with E-state index in [0.717, 1.165) is 79.3 Å². The van der Waals surface area contributed by atoms with Crippen LogP contribution < -0.4 is 15.2 Å². The number of methoxy groups -OCH3 is 1. The molecular formula is C26H29BrN4O3. The van der Waals surface area contributed by atoms with Crippen molar-refractivity contribution in [3.8, 4) is 5.75 Å². The van der Waals surface area contributed by atoms with Gasteiger partial charge in [-0.15, -0.1) is 0 Å². The molecule has 1 aliphatic heterocycles. The highest BCUT2D eigenvalue weighted by molar-refractivity contribution is 9.10. The highest BCUT2D eigenvalue weighted by atomic mass is 79.9. The smallest absolute Gasteiger partial charge is 0.282 e. The van der Waals surface area contributed by atoms with Gasteiger partial charge < -0.3 is 14.4 Å². The summed E-state index contributed by atoms with van der Waals surface area (Å²) in [5.74, 6) is 1.70. The molecule has 0 spiro atoms. The summed E-state index contributed by atoms with van der Waals surface area (Å²) in [7, 11) is 1.66. The number of anilines is 1. The van der Waals surface area contributed by atoms with Crippen LogP contribution in [0.1, 0.15) is 49.4 Å². The van der Waals surface area contributed by atoms with Gasteiger partial charge in [0.1, 0.15) is 11.6 Å². The minimum absolute atomic E-state index is 0.146. The van der Waals surface area contributed by atoms with Gasteiger partial charge in [0, 0.05) is 40.8 Å². The quantitative estimate of drug-likeness (QED) is 0.442. The Morgan fingerprint density at radius 2 is 1.91 bits per heavy atom. The van der Waals surface area contributed by atoms with E-state index in [1.807, 2.05) is 30.3 Å². The molecule has 1 saturated heterocycles. The fourth-order valence-electron chi connectivity index (χ4n) is 4.85. The van der Waals surface area contributed by atoms with Crippen LogP contribution in [0.15, 0.2) is 50.8 Å². The highest BCUT2D eigenvalue weighted by Gasteiger charge is 2.22. The average Bonchev–Trinajstić information content (AvgIpc) is 2.89. The maximum absolute atomic E-state index is 13.5. The summed E-state index contributed by atoms with van der Waals surface area (Å²) < 4.78 is 13.5. The third-order valence-electron chi connectivity index (χ3n) is 6.71. The van der Waals surface area contributed by atoms with Gasteiger partial charge in [0.2, 0.25) is 0 Å². The number of hydrogen-bond acceptors (Lipinski definition) is 6. The van der Waals surface area contributed by atoms with Crippen molar-refractivity contribution in [2.75, 3.05) is 38.3 Å². The van der Waals surface area contributed by atoms with E-state index in [2.05, 4.69) is 32.0 Å². The van der Waals surface area contributed by atoms with Crippen molar-refractivity contribution >= 4 is 38.7 Å². The normalized spacial score (nSPS) is 17.5. The Balaban J connectivity index is 1.55. The number of ether oxygens (including phenoxy) is 2. The van der Waals surface area contributed by atoms with Crippen LogP contribution in [0.3, 0.4) is 0 Å². The van der Waals surface area contributed by atoms with E-state index < -0.39 is 0 Å². The number of aromatic nitrogens is 2. The molecule has 0 unspecified atom stereocenters. The summed E-state index contributed by atoms with van der Waals surface area (Å²) in [6, 6.07) is 11.7. The Hall–Kier alpha value is -2.71. The van der Waals surface area contributed by atoms with Gasteiger partial charge in [-0.05, 0) is 43.2 Å². The molecule has 0 bridgehead atoms.